The van der Waals surface area contributed by atoms with E-state index in [1.807, 2.05) is 6.08 Å². The quantitative estimate of drug-likeness (QED) is 0.136. The van der Waals surface area contributed by atoms with E-state index < -0.39 is 13.9 Å². The van der Waals surface area contributed by atoms with Gasteiger partial charge in [0.2, 0.25) is 0 Å². The van der Waals surface area contributed by atoms with Crippen molar-refractivity contribution < 1.29 is 9.16 Å². The lowest BCUT2D eigenvalue weighted by Gasteiger charge is -2.42. The summed E-state index contributed by atoms with van der Waals surface area (Å²) in [5.41, 5.74) is 2.67. The second kappa shape index (κ2) is 12.4. The van der Waals surface area contributed by atoms with Crippen molar-refractivity contribution in [3.8, 4) is 0 Å². The molecule has 3 heteroatoms. The van der Waals surface area contributed by atoms with Crippen LogP contribution in [0.15, 0.2) is 104 Å². The van der Waals surface area contributed by atoms with Gasteiger partial charge in [0.25, 0.3) is 0 Å². The maximum atomic E-state index is 7.18. The molecule has 0 N–H and O–H groups in total. The second-order valence-electron chi connectivity index (χ2n) is 11.8. The molecule has 0 aromatic heterocycles. The molecule has 0 amide bonds. The van der Waals surface area contributed by atoms with Crippen molar-refractivity contribution in [2.24, 2.45) is 11.8 Å². The van der Waals surface area contributed by atoms with Crippen LogP contribution in [0.4, 0.5) is 0 Å². The Hall–Kier alpha value is -2.46. The highest BCUT2D eigenvalue weighted by molar-refractivity contribution is 6.74. The Morgan fingerprint density at radius 3 is 1.51 bits per heavy atom. The average Bonchev–Trinajstić information content (AvgIpc) is 2.89. The highest BCUT2D eigenvalue weighted by Gasteiger charge is 2.41. The molecule has 198 valence electrons. The van der Waals surface area contributed by atoms with Gasteiger partial charge in [0, 0.05) is 6.10 Å². The van der Waals surface area contributed by atoms with Crippen molar-refractivity contribution in [3.63, 3.8) is 0 Å². The monoisotopic (exact) mass is 514 g/mol. The van der Waals surface area contributed by atoms with Crippen molar-refractivity contribution in [1.82, 2.24) is 0 Å². The third kappa shape index (κ3) is 6.70. The van der Waals surface area contributed by atoms with Crippen molar-refractivity contribution in [2.45, 2.75) is 70.9 Å². The summed E-state index contributed by atoms with van der Waals surface area (Å²) in [6.45, 7) is 20.8. The van der Waals surface area contributed by atoms with Gasteiger partial charge in [-0.3, -0.25) is 0 Å². The van der Waals surface area contributed by atoms with Crippen molar-refractivity contribution in [2.75, 3.05) is 6.61 Å². The highest BCUT2D eigenvalue weighted by Crippen LogP contribution is 2.42. The van der Waals surface area contributed by atoms with Gasteiger partial charge in [-0.15, -0.1) is 6.58 Å². The van der Waals surface area contributed by atoms with E-state index in [9.17, 15) is 0 Å². The normalized spacial score (nSPS) is 15.1. The van der Waals surface area contributed by atoms with Crippen molar-refractivity contribution in [1.29, 1.82) is 0 Å². The third-order valence-electron chi connectivity index (χ3n) is 8.29. The Labute approximate surface area is 226 Å². The van der Waals surface area contributed by atoms with E-state index in [0.717, 1.165) is 23.1 Å². The van der Waals surface area contributed by atoms with Gasteiger partial charge < -0.3 is 9.16 Å². The number of hydrogen-bond acceptors (Lipinski definition) is 2. The van der Waals surface area contributed by atoms with Crippen LogP contribution in [-0.2, 0) is 14.8 Å². The molecular formula is C34H46O2Si. The van der Waals surface area contributed by atoms with Crippen LogP contribution >= 0.6 is 0 Å². The van der Waals surface area contributed by atoms with E-state index in [4.69, 9.17) is 9.16 Å². The van der Waals surface area contributed by atoms with Crippen LogP contribution in [0.25, 0.3) is 0 Å². The zero-order valence-corrected chi connectivity index (χ0v) is 24.9. The van der Waals surface area contributed by atoms with Gasteiger partial charge in [0.15, 0.2) is 8.32 Å². The summed E-state index contributed by atoms with van der Waals surface area (Å²) in [6.07, 6.45) is 3.04. The molecule has 2 nitrogen and oxygen atoms in total. The SMILES string of the molecule is C=CC[C@@H](COC(c1ccccc1)(c1ccccc1)c1ccccc1)[C@@H](C)[C@H](C)O[Si](C)(C)C(C)(C)C. The molecule has 0 spiro atoms. The molecular weight excluding hydrogens is 468 g/mol. The third-order valence-corrected chi connectivity index (χ3v) is 12.9. The molecule has 0 fully saturated rings. The summed E-state index contributed by atoms with van der Waals surface area (Å²) in [5.74, 6) is 0.583. The molecule has 3 aromatic rings. The van der Waals surface area contributed by atoms with Gasteiger partial charge in [-0.05, 0) is 60.0 Å². The predicted molar refractivity (Wildman–Crippen MR) is 160 cm³/mol. The van der Waals surface area contributed by atoms with Gasteiger partial charge >= 0.3 is 0 Å². The topological polar surface area (TPSA) is 18.5 Å². The average molecular weight is 515 g/mol. The van der Waals surface area contributed by atoms with Crippen LogP contribution in [0, 0.1) is 11.8 Å². The minimum atomic E-state index is -1.88. The van der Waals surface area contributed by atoms with E-state index in [1.165, 1.54) is 0 Å². The summed E-state index contributed by atoms with van der Waals surface area (Å²) in [5, 5.41) is 0.175. The Morgan fingerprint density at radius 2 is 1.16 bits per heavy atom. The van der Waals surface area contributed by atoms with Crippen LogP contribution in [0.3, 0.4) is 0 Å². The molecule has 3 aromatic carbocycles. The molecule has 0 aliphatic carbocycles. The molecule has 0 radical (unpaired) electrons. The molecule has 0 aliphatic heterocycles. The first-order valence-electron chi connectivity index (χ1n) is 13.6. The first-order chi connectivity index (χ1) is 17.5. The molecule has 37 heavy (non-hydrogen) atoms. The van der Waals surface area contributed by atoms with Crippen LogP contribution in [-0.4, -0.2) is 21.0 Å². The first kappa shape index (κ1) is 29.1. The van der Waals surface area contributed by atoms with E-state index in [0.29, 0.717) is 12.5 Å². The number of rotatable bonds is 12. The van der Waals surface area contributed by atoms with Gasteiger partial charge in [-0.1, -0.05) is 125 Å². The maximum Gasteiger partial charge on any atom is 0.192 e. The molecule has 0 heterocycles. The van der Waals surface area contributed by atoms with Crippen molar-refractivity contribution in [3.05, 3.63) is 120 Å². The zero-order chi connectivity index (χ0) is 27.1. The maximum absolute atomic E-state index is 7.18. The van der Waals surface area contributed by atoms with E-state index in [-0.39, 0.29) is 17.1 Å². The van der Waals surface area contributed by atoms with Gasteiger partial charge in [-0.2, -0.15) is 0 Å². The Kier molecular flexibility index (Phi) is 9.74. The number of hydrogen-bond donors (Lipinski definition) is 0. The highest BCUT2D eigenvalue weighted by atomic mass is 28.4. The Bertz CT molecular complexity index is 990. The molecule has 0 saturated heterocycles. The lowest BCUT2D eigenvalue weighted by atomic mass is 9.79. The Morgan fingerprint density at radius 1 is 0.757 bits per heavy atom. The summed E-state index contributed by atoms with van der Waals surface area (Å²) in [7, 11) is -1.88. The summed E-state index contributed by atoms with van der Waals surface area (Å²) < 4.78 is 14.0. The van der Waals surface area contributed by atoms with Crippen LogP contribution in [0.1, 0.15) is 57.7 Å². The van der Waals surface area contributed by atoms with Gasteiger partial charge in [0.1, 0.15) is 5.60 Å². The van der Waals surface area contributed by atoms with E-state index in [1.54, 1.807) is 0 Å². The molecule has 3 rings (SSSR count). The fourth-order valence-corrected chi connectivity index (χ4v) is 6.28. The number of ether oxygens (including phenoxy) is 1. The van der Waals surface area contributed by atoms with Gasteiger partial charge in [-0.25, -0.2) is 0 Å². The predicted octanol–water partition coefficient (Wildman–Crippen LogP) is 9.23. The van der Waals surface area contributed by atoms with E-state index in [2.05, 4.69) is 145 Å². The first-order valence-corrected chi connectivity index (χ1v) is 16.5. The fraction of sp³-hybridized carbons (Fsp3) is 0.412. The molecule has 0 unspecified atom stereocenters. The van der Waals surface area contributed by atoms with Crippen molar-refractivity contribution >= 4 is 8.32 Å². The minimum absolute atomic E-state index is 0.133. The van der Waals surface area contributed by atoms with Crippen LogP contribution in [0.5, 0.6) is 0 Å². The number of benzene rings is 3. The second-order valence-corrected chi connectivity index (χ2v) is 16.6. The smallest absolute Gasteiger partial charge is 0.192 e. The summed E-state index contributed by atoms with van der Waals surface area (Å²) >= 11 is 0. The van der Waals surface area contributed by atoms with Crippen LogP contribution < -0.4 is 0 Å². The zero-order valence-electron chi connectivity index (χ0n) is 23.9. The number of allylic oxidation sites excluding steroid dienone is 1. The molecule has 0 bridgehead atoms. The lowest BCUT2D eigenvalue weighted by Crippen LogP contribution is -2.46. The van der Waals surface area contributed by atoms with Crippen LogP contribution in [0.2, 0.25) is 18.1 Å². The Balaban J connectivity index is 2.00. The molecule has 3 atom stereocenters. The largest absolute Gasteiger partial charge is 0.414 e. The van der Waals surface area contributed by atoms with Gasteiger partial charge in [0.05, 0.1) is 6.61 Å². The molecule has 0 saturated carbocycles. The summed E-state index contributed by atoms with van der Waals surface area (Å²) in [6, 6.07) is 31.8. The summed E-state index contributed by atoms with van der Waals surface area (Å²) in [4.78, 5) is 0. The lowest BCUT2D eigenvalue weighted by molar-refractivity contribution is -0.0300. The minimum Gasteiger partial charge on any atom is -0.414 e. The fourth-order valence-electron chi connectivity index (χ4n) is 4.78. The molecule has 0 aliphatic rings. The van der Waals surface area contributed by atoms with E-state index >= 15 is 0 Å². The standard InChI is InChI=1S/C34H46O2Si/c1-9-19-29(27(2)28(3)36-37(7,8)33(4,5)6)26-35-34(30-20-13-10-14-21-30,31-22-15-11-16-23-31)32-24-17-12-18-25-32/h9-18,20-25,27-29H,1,19,26H2,2-8H3/t27-,28-,29-/m0/s1.